The molecule has 5 rings (SSSR count). The summed E-state index contributed by atoms with van der Waals surface area (Å²) in [5.41, 5.74) is 5.24. The second-order valence-corrected chi connectivity index (χ2v) is 8.19. The molecule has 3 heterocycles. The van der Waals surface area contributed by atoms with Gasteiger partial charge in [-0.2, -0.15) is 0 Å². The van der Waals surface area contributed by atoms with Crippen LogP contribution in [0.25, 0.3) is 20.4 Å². The van der Waals surface area contributed by atoms with Crippen LogP contribution in [0.1, 0.15) is 16.8 Å². The highest BCUT2D eigenvalue weighted by Gasteiger charge is 2.14. The molecule has 30 heavy (non-hydrogen) atoms. The summed E-state index contributed by atoms with van der Waals surface area (Å²) in [6.45, 7) is 4.67. The van der Waals surface area contributed by atoms with Crippen molar-refractivity contribution in [3.8, 4) is 5.75 Å². The Morgan fingerprint density at radius 2 is 1.77 bits per heavy atom. The van der Waals surface area contributed by atoms with Crippen molar-refractivity contribution in [1.82, 2.24) is 15.0 Å². The van der Waals surface area contributed by atoms with E-state index in [4.69, 9.17) is 4.74 Å². The van der Waals surface area contributed by atoms with E-state index in [1.165, 1.54) is 5.56 Å². The highest BCUT2D eigenvalue weighted by atomic mass is 32.1. The van der Waals surface area contributed by atoms with Gasteiger partial charge in [-0.1, -0.05) is 30.3 Å². The summed E-state index contributed by atoms with van der Waals surface area (Å²) in [5, 5.41) is 4.53. The van der Waals surface area contributed by atoms with E-state index in [0.717, 1.165) is 48.9 Å². The van der Waals surface area contributed by atoms with Gasteiger partial charge < -0.3 is 10.1 Å². The molecule has 5 nitrogen and oxygen atoms in total. The largest absolute Gasteiger partial charge is 0.489 e. The topological polar surface area (TPSA) is 59.9 Å². The molecule has 0 saturated heterocycles. The van der Waals surface area contributed by atoms with Crippen LogP contribution in [0.4, 0.5) is 11.5 Å². The maximum absolute atomic E-state index is 5.87. The Balaban J connectivity index is 1.39. The van der Waals surface area contributed by atoms with Crippen LogP contribution < -0.4 is 10.1 Å². The van der Waals surface area contributed by atoms with Crippen molar-refractivity contribution < 1.29 is 4.74 Å². The van der Waals surface area contributed by atoms with E-state index < -0.39 is 0 Å². The molecule has 148 valence electrons. The highest BCUT2D eigenvalue weighted by Crippen LogP contribution is 2.37. The van der Waals surface area contributed by atoms with Crippen molar-refractivity contribution in [2.45, 2.75) is 20.5 Å². The number of nitrogens with one attached hydrogen (secondary N) is 1. The van der Waals surface area contributed by atoms with E-state index in [2.05, 4.69) is 45.4 Å². The minimum Gasteiger partial charge on any atom is -0.489 e. The predicted octanol–water partition coefficient (Wildman–Crippen LogP) is 6.18. The number of anilines is 2. The first-order valence-electron chi connectivity index (χ1n) is 9.72. The molecule has 1 N–H and O–H groups in total. The summed E-state index contributed by atoms with van der Waals surface area (Å²) < 4.78 is 6.88. The van der Waals surface area contributed by atoms with Gasteiger partial charge in [0.25, 0.3) is 0 Å². The molecule has 0 aliphatic heterocycles. The molecular formula is C24H20N4OS. The van der Waals surface area contributed by atoms with Crippen molar-refractivity contribution in [3.63, 3.8) is 0 Å². The third-order valence-corrected chi connectivity index (χ3v) is 6.00. The van der Waals surface area contributed by atoms with Crippen molar-refractivity contribution >= 4 is 43.3 Å². The lowest BCUT2D eigenvalue weighted by molar-refractivity contribution is 0.306. The van der Waals surface area contributed by atoms with Crippen LogP contribution in [0, 0.1) is 13.8 Å². The van der Waals surface area contributed by atoms with Crippen molar-refractivity contribution in [3.05, 3.63) is 83.8 Å². The van der Waals surface area contributed by atoms with E-state index in [1.807, 2.05) is 49.4 Å². The molecule has 3 aromatic heterocycles. The molecule has 0 radical (unpaired) electrons. The van der Waals surface area contributed by atoms with Gasteiger partial charge >= 0.3 is 0 Å². The second kappa shape index (κ2) is 7.72. The molecule has 6 heteroatoms. The molecule has 5 aromatic rings. The first kappa shape index (κ1) is 18.5. The molecule has 2 aromatic carbocycles. The zero-order chi connectivity index (χ0) is 20.5. The number of fused-ring (bicyclic) bond motifs is 3. The first-order valence-corrected chi connectivity index (χ1v) is 10.5. The maximum Gasteiger partial charge on any atom is 0.151 e. The SMILES string of the molecule is Cc1cc(C)c2c(n1)sc1c(Nc3ccc(OCc4ccccc4)cc3)ncnc12. The number of pyridine rings is 1. The molecule has 0 fully saturated rings. The van der Waals surface area contributed by atoms with Crippen LogP contribution in [0.5, 0.6) is 5.75 Å². The molecular weight excluding hydrogens is 392 g/mol. The van der Waals surface area contributed by atoms with E-state index in [0.29, 0.717) is 6.61 Å². The molecule has 0 aliphatic carbocycles. The number of hydrogen-bond acceptors (Lipinski definition) is 6. The zero-order valence-electron chi connectivity index (χ0n) is 16.7. The number of nitrogens with zero attached hydrogens (tertiary/aromatic N) is 3. The molecule has 0 saturated carbocycles. The maximum atomic E-state index is 5.87. The van der Waals surface area contributed by atoms with Crippen LogP contribution in [-0.4, -0.2) is 15.0 Å². The Morgan fingerprint density at radius 3 is 2.57 bits per heavy atom. The first-order chi connectivity index (χ1) is 14.7. The summed E-state index contributed by atoms with van der Waals surface area (Å²) in [6, 6.07) is 20.2. The lowest BCUT2D eigenvalue weighted by Crippen LogP contribution is -1.96. The fourth-order valence-corrected chi connectivity index (χ4v) is 4.71. The Hall–Kier alpha value is -3.51. The van der Waals surface area contributed by atoms with E-state index in [1.54, 1.807) is 17.7 Å². The lowest BCUT2D eigenvalue weighted by Gasteiger charge is -2.09. The quantitative estimate of drug-likeness (QED) is 0.373. The van der Waals surface area contributed by atoms with Crippen LogP contribution in [0.15, 0.2) is 67.0 Å². The van der Waals surface area contributed by atoms with Gasteiger partial charge in [0.2, 0.25) is 0 Å². The average Bonchev–Trinajstić information content (AvgIpc) is 3.13. The van der Waals surface area contributed by atoms with E-state index in [-0.39, 0.29) is 0 Å². The molecule has 0 bridgehead atoms. The van der Waals surface area contributed by atoms with Gasteiger partial charge in [0, 0.05) is 16.8 Å². The van der Waals surface area contributed by atoms with Gasteiger partial charge in [-0.05, 0) is 55.3 Å². The Kier molecular flexibility index (Phi) is 4.77. The van der Waals surface area contributed by atoms with Gasteiger partial charge in [-0.25, -0.2) is 15.0 Å². The number of thiophene rings is 1. The standard InChI is InChI=1S/C24H20N4OS/c1-15-12-16(2)27-24-20(15)21-22(30-24)23(26-14-25-21)28-18-8-10-19(11-9-18)29-13-17-6-4-3-5-7-17/h3-12,14H,13H2,1-2H3,(H,25,26,28). The fraction of sp³-hybridized carbons (Fsp3) is 0.125. The third kappa shape index (κ3) is 3.57. The van der Waals surface area contributed by atoms with Crippen molar-refractivity contribution in [2.24, 2.45) is 0 Å². The number of ether oxygens (including phenoxy) is 1. The third-order valence-electron chi connectivity index (χ3n) is 4.92. The predicted molar refractivity (Wildman–Crippen MR) is 123 cm³/mol. The molecule has 0 spiro atoms. The Bertz CT molecular complexity index is 1330. The minimum atomic E-state index is 0.549. The van der Waals surface area contributed by atoms with Gasteiger partial charge in [0.05, 0.1) is 10.2 Å². The van der Waals surface area contributed by atoms with Gasteiger partial charge in [0.15, 0.2) is 5.82 Å². The van der Waals surface area contributed by atoms with Crippen LogP contribution in [0.2, 0.25) is 0 Å². The van der Waals surface area contributed by atoms with Crippen molar-refractivity contribution in [1.29, 1.82) is 0 Å². The van der Waals surface area contributed by atoms with Gasteiger partial charge in [-0.3, -0.25) is 0 Å². The number of hydrogen-bond donors (Lipinski definition) is 1. The Labute approximate surface area is 178 Å². The van der Waals surface area contributed by atoms with E-state index in [9.17, 15) is 0 Å². The summed E-state index contributed by atoms with van der Waals surface area (Å²) in [4.78, 5) is 14.7. The van der Waals surface area contributed by atoms with Gasteiger partial charge in [-0.15, -0.1) is 11.3 Å². The summed E-state index contributed by atoms with van der Waals surface area (Å²) in [5.74, 6) is 1.62. The lowest BCUT2D eigenvalue weighted by atomic mass is 10.1. The molecule has 0 atom stereocenters. The summed E-state index contributed by atoms with van der Waals surface area (Å²) >= 11 is 1.62. The number of rotatable bonds is 5. The fourth-order valence-electron chi connectivity index (χ4n) is 3.51. The van der Waals surface area contributed by atoms with Gasteiger partial charge in [0.1, 0.15) is 23.5 Å². The zero-order valence-corrected chi connectivity index (χ0v) is 17.5. The second-order valence-electron chi connectivity index (χ2n) is 7.19. The molecule has 0 amide bonds. The number of aryl methyl sites for hydroxylation is 2. The van der Waals surface area contributed by atoms with Crippen LogP contribution in [-0.2, 0) is 6.61 Å². The Morgan fingerprint density at radius 1 is 0.967 bits per heavy atom. The summed E-state index contributed by atoms with van der Waals surface area (Å²) in [6.07, 6.45) is 1.60. The molecule has 0 unspecified atom stereocenters. The number of aromatic nitrogens is 3. The normalized spacial score (nSPS) is 11.1. The summed E-state index contributed by atoms with van der Waals surface area (Å²) in [7, 11) is 0. The number of benzene rings is 2. The minimum absolute atomic E-state index is 0.549. The van der Waals surface area contributed by atoms with Crippen LogP contribution in [0.3, 0.4) is 0 Å². The van der Waals surface area contributed by atoms with Crippen LogP contribution >= 0.6 is 11.3 Å². The molecule has 0 aliphatic rings. The van der Waals surface area contributed by atoms with E-state index >= 15 is 0 Å². The monoisotopic (exact) mass is 412 g/mol. The highest BCUT2D eigenvalue weighted by molar-refractivity contribution is 7.26. The smallest absolute Gasteiger partial charge is 0.151 e. The van der Waals surface area contributed by atoms with Crippen molar-refractivity contribution in [2.75, 3.05) is 5.32 Å². The average molecular weight is 413 g/mol.